The van der Waals surface area contributed by atoms with Crippen LogP contribution in [0.4, 0.5) is 11.5 Å². The molecule has 1 aromatic carbocycles. The molecule has 5 rings (SSSR count). The number of carbonyl (C=O) groups is 1. The zero-order valence-corrected chi connectivity index (χ0v) is 17.8. The van der Waals surface area contributed by atoms with Gasteiger partial charge < -0.3 is 15.8 Å². The fraction of sp³-hybridized carbons (Fsp3) is 0.391. The van der Waals surface area contributed by atoms with E-state index in [1.165, 1.54) is 41.1 Å². The number of nitrogens with two attached hydrogens (primary N) is 1. The number of fused-ring (bicyclic) bond motifs is 3. The van der Waals surface area contributed by atoms with Crippen LogP contribution in [0.15, 0.2) is 30.3 Å². The smallest absolute Gasteiger partial charge is 0.279 e. The van der Waals surface area contributed by atoms with Crippen LogP contribution in [-0.4, -0.2) is 32.2 Å². The van der Waals surface area contributed by atoms with E-state index in [2.05, 4.69) is 15.2 Å². The molecule has 1 fully saturated rings. The Morgan fingerprint density at radius 3 is 2.63 bits per heavy atom. The summed E-state index contributed by atoms with van der Waals surface area (Å²) in [5.41, 5.74) is 10.9. The van der Waals surface area contributed by atoms with Gasteiger partial charge in [-0.05, 0) is 36.8 Å². The molecule has 2 aromatic heterocycles. The predicted molar refractivity (Wildman–Crippen MR) is 120 cm³/mol. The Bertz CT molecular complexity index is 1070. The number of pyridine rings is 1. The Morgan fingerprint density at radius 1 is 1.13 bits per heavy atom. The number of hydrogen-bond acceptors (Lipinski definition) is 5. The first-order valence-corrected chi connectivity index (χ1v) is 11.5. The van der Waals surface area contributed by atoms with Crippen LogP contribution < -0.4 is 20.9 Å². The Morgan fingerprint density at radius 2 is 1.87 bits per heavy atom. The number of morpholine rings is 1. The molecule has 7 heteroatoms. The summed E-state index contributed by atoms with van der Waals surface area (Å²) in [5, 5.41) is 4.08. The van der Waals surface area contributed by atoms with Crippen molar-refractivity contribution < 1.29 is 14.5 Å². The van der Waals surface area contributed by atoms with E-state index in [-0.39, 0.29) is 5.91 Å². The lowest BCUT2D eigenvalue weighted by Gasteiger charge is -2.26. The monoisotopic (exact) mass is 423 g/mol. The van der Waals surface area contributed by atoms with E-state index in [1.54, 1.807) is 0 Å². The summed E-state index contributed by atoms with van der Waals surface area (Å²) in [6.07, 6.45) is 4.43. The first-order valence-electron chi connectivity index (χ1n) is 10.7. The third-order valence-electron chi connectivity index (χ3n) is 6.06. The highest BCUT2D eigenvalue weighted by Crippen LogP contribution is 2.40. The van der Waals surface area contributed by atoms with E-state index in [9.17, 15) is 4.79 Å². The number of nitrogens with one attached hydrogen (secondary N) is 2. The van der Waals surface area contributed by atoms with Gasteiger partial charge in [0.05, 0.1) is 24.3 Å². The first kappa shape index (κ1) is 19.3. The van der Waals surface area contributed by atoms with Crippen molar-refractivity contribution in [2.75, 3.05) is 36.9 Å². The normalized spacial score (nSPS) is 16.5. The summed E-state index contributed by atoms with van der Waals surface area (Å²) < 4.78 is 5.54. The SMILES string of the molecule is Nc1c(C(=O)NCc2ccccc2)sc2[nH+]c(N3CCOCC3)c3c(c12)CCCC3. The van der Waals surface area contributed by atoms with E-state index in [0.717, 1.165) is 54.9 Å². The summed E-state index contributed by atoms with van der Waals surface area (Å²) in [6, 6.07) is 9.94. The number of thiophene rings is 1. The van der Waals surface area contributed by atoms with Crippen molar-refractivity contribution in [3.8, 4) is 0 Å². The summed E-state index contributed by atoms with van der Waals surface area (Å²) in [5.74, 6) is 1.08. The van der Waals surface area contributed by atoms with Gasteiger partial charge in [-0.3, -0.25) is 9.69 Å². The number of rotatable bonds is 4. The number of aromatic nitrogens is 1. The van der Waals surface area contributed by atoms with Crippen molar-refractivity contribution in [1.82, 2.24) is 5.32 Å². The second kappa shape index (κ2) is 8.24. The largest absolute Gasteiger partial charge is 0.397 e. The molecule has 1 aliphatic carbocycles. The standard InChI is InChI=1S/C23H26N4O2S/c24-19-18-16-8-4-5-9-17(16)21(27-10-12-29-13-11-27)26-23(18)30-20(19)22(28)25-14-15-6-2-1-3-7-15/h1-3,6-7H,4-5,8-14,24H2,(H,25,28)/p+1. The highest BCUT2D eigenvalue weighted by atomic mass is 32.1. The van der Waals surface area contributed by atoms with Gasteiger partial charge in [0.15, 0.2) is 4.83 Å². The van der Waals surface area contributed by atoms with E-state index in [1.807, 2.05) is 30.3 Å². The molecule has 4 N–H and O–H groups in total. The predicted octanol–water partition coefficient (Wildman–Crippen LogP) is 2.94. The number of aromatic amines is 1. The van der Waals surface area contributed by atoms with Gasteiger partial charge in [-0.25, -0.2) is 4.98 Å². The number of hydrogen-bond donors (Lipinski definition) is 2. The number of ether oxygens (including phenoxy) is 1. The van der Waals surface area contributed by atoms with Crippen molar-refractivity contribution >= 4 is 39.0 Å². The van der Waals surface area contributed by atoms with E-state index >= 15 is 0 Å². The maximum Gasteiger partial charge on any atom is 0.279 e. The van der Waals surface area contributed by atoms with Crippen molar-refractivity contribution in [3.05, 3.63) is 51.9 Å². The van der Waals surface area contributed by atoms with Crippen molar-refractivity contribution in [3.63, 3.8) is 0 Å². The molecule has 0 radical (unpaired) electrons. The average molecular weight is 424 g/mol. The topological polar surface area (TPSA) is 81.7 Å². The second-order valence-electron chi connectivity index (χ2n) is 7.95. The molecule has 3 heterocycles. The van der Waals surface area contributed by atoms with Crippen LogP contribution in [0.25, 0.3) is 10.2 Å². The lowest BCUT2D eigenvalue weighted by Crippen LogP contribution is -2.40. The number of carbonyl (C=O) groups excluding carboxylic acids is 1. The van der Waals surface area contributed by atoms with Gasteiger partial charge >= 0.3 is 0 Å². The number of aryl methyl sites for hydroxylation is 1. The quantitative estimate of drug-likeness (QED) is 0.676. The molecule has 3 aromatic rings. The fourth-order valence-corrected chi connectivity index (χ4v) is 5.61. The molecule has 0 unspecified atom stereocenters. The Kier molecular flexibility index (Phi) is 5.31. The van der Waals surface area contributed by atoms with Crippen LogP contribution in [0.3, 0.4) is 0 Å². The molecule has 0 spiro atoms. The van der Waals surface area contributed by atoms with Crippen LogP contribution in [0.5, 0.6) is 0 Å². The molecule has 1 amide bonds. The third-order valence-corrected chi connectivity index (χ3v) is 7.18. The van der Waals surface area contributed by atoms with Crippen LogP contribution in [0.2, 0.25) is 0 Å². The Labute approximate surface area is 180 Å². The molecule has 0 atom stereocenters. The van der Waals surface area contributed by atoms with E-state index in [4.69, 9.17) is 10.5 Å². The molecule has 2 aliphatic rings. The minimum Gasteiger partial charge on any atom is -0.397 e. The molecule has 0 bridgehead atoms. The number of anilines is 2. The second-order valence-corrected chi connectivity index (χ2v) is 8.98. The van der Waals surface area contributed by atoms with Crippen molar-refractivity contribution in [1.29, 1.82) is 0 Å². The summed E-state index contributed by atoms with van der Waals surface area (Å²) in [4.78, 5) is 20.6. The zero-order valence-electron chi connectivity index (χ0n) is 17.0. The van der Waals surface area contributed by atoms with Gasteiger partial charge in [-0.2, -0.15) is 0 Å². The molecule has 0 saturated carbocycles. The molecule has 1 saturated heterocycles. The number of nitrogens with zero attached hydrogens (tertiary/aromatic N) is 1. The lowest BCUT2D eigenvalue weighted by molar-refractivity contribution is -0.328. The summed E-state index contributed by atoms with van der Waals surface area (Å²) in [6.45, 7) is 3.77. The van der Waals surface area contributed by atoms with Crippen LogP contribution in [0, 0.1) is 0 Å². The minimum absolute atomic E-state index is 0.108. The first-order chi connectivity index (χ1) is 14.7. The van der Waals surface area contributed by atoms with Gasteiger partial charge in [0.1, 0.15) is 18.0 Å². The Balaban J connectivity index is 1.51. The van der Waals surface area contributed by atoms with Crippen LogP contribution in [-0.2, 0) is 24.1 Å². The number of nitrogen functional groups attached to an aromatic ring is 1. The number of benzene rings is 1. The van der Waals surface area contributed by atoms with Crippen LogP contribution in [0.1, 0.15) is 39.2 Å². The van der Waals surface area contributed by atoms with Crippen molar-refractivity contribution in [2.45, 2.75) is 32.2 Å². The molecular formula is C23H27N4O2S+. The highest BCUT2D eigenvalue weighted by molar-refractivity contribution is 7.20. The Hall–Kier alpha value is -2.64. The average Bonchev–Trinajstić information content (AvgIpc) is 3.15. The molecule has 156 valence electrons. The molecular weight excluding hydrogens is 396 g/mol. The van der Waals surface area contributed by atoms with E-state index < -0.39 is 0 Å². The molecule has 1 aliphatic heterocycles. The summed E-state index contributed by atoms with van der Waals surface area (Å²) in [7, 11) is 0. The van der Waals surface area contributed by atoms with Gasteiger partial charge in [0.25, 0.3) is 11.7 Å². The van der Waals surface area contributed by atoms with Gasteiger partial charge in [-0.1, -0.05) is 41.7 Å². The molecule has 6 nitrogen and oxygen atoms in total. The van der Waals surface area contributed by atoms with Gasteiger partial charge in [0, 0.05) is 12.1 Å². The zero-order chi connectivity index (χ0) is 20.5. The van der Waals surface area contributed by atoms with Gasteiger partial charge in [0.2, 0.25) is 0 Å². The fourth-order valence-electron chi connectivity index (χ4n) is 4.54. The molecule has 30 heavy (non-hydrogen) atoms. The minimum atomic E-state index is -0.108. The third kappa shape index (κ3) is 3.52. The van der Waals surface area contributed by atoms with Crippen molar-refractivity contribution in [2.24, 2.45) is 0 Å². The van der Waals surface area contributed by atoms with Gasteiger partial charge in [-0.15, -0.1) is 0 Å². The lowest BCUT2D eigenvalue weighted by atomic mass is 9.89. The maximum absolute atomic E-state index is 12.9. The van der Waals surface area contributed by atoms with Crippen LogP contribution >= 0.6 is 11.3 Å². The van der Waals surface area contributed by atoms with E-state index in [0.29, 0.717) is 17.1 Å². The highest BCUT2D eigenvalue weighted by Gasteiger charge is 2.31. The number of amides is 1. The summed E-state index contributed by atoms with van der Waals surface area (Å²) >= 11 is 1.47. The number of H-pyrrole nitrogens is 1. The maximum atomic E-state index is 12.9.